The lowest BCUT2D eigenvalue weighted by molar-refractivity contribution is -0.225. The Morgan fingerprint density at radius 2 is 2.19 bits per heavy atom. The number of hydrogen-bond acceptors (Lipinski definition) is 4. The van der Waals surface area contributed by atoms with Gasteiger partial charge in [-0.25, -0.2) is 0 Å². The van der Waals surface area contributed by atoms with Crippen molar-refractivity contribution < 1.29 is 9.53 Å². The molecule has 0 radical (unpaired) electrons. The van der Waals surface area contributed by atoms with Crippen LogP contribution < -0.4 is 11.1 Å². The molecule has 114 valence electrons. The summed E-state index contributed by atoms with van der Waals surface area (Å²) < 4.78 is 5.83. The Bertz CT molecular complexity index is 532. The van der Waals surface area contributed by atoms with Gasteiger partial charge < -0.3 is 15.8 Å². The maximum atomic E-state index is 12.7. The van der Waals surface area contributed by atoms with Crippen LogP contribution in [-0.4, -0.2) is 29.1 Å². The minimum Gasteiger partial charge on any atom is -0.377 e. The maximum Gasteiger partial charge on any atom is 0.241 e. The van der Waals surface area contributed by atoms with E-state index >= 15 is 0 Å². The molecule has 3 unspecified atom stereocenters. The van der Waals surface area contributed by atoms with E-state index < -0.39 is 5.54 Å². The molecule has 0 aromatic carbocycles. The van der Waals surface area contributed by atoms with E-state index in [-0.39, 0.29) is 23.3 Å². The molecule has 5 nitrogen and oxygen atoms in total. The van der Waals surface area contributed by atoms with E-state index in [9.17, 15) is 4.79 Å². The number of rotatable bonds is 3. The van der Waals surface area contributed by atoms with Crippen LogP contribution in [0.2, 0.25) is 0 Å². The number of nitrogens with one attached hydrogen (secondary N) is 1. The van der Waals surface area contributed by atoms with Crippen LogP contribution in [-0.2, 0) is 16.1 Å². The molecule has 3 rings (SSSR count). The summed E-state index contributed by atoms with van der Waals surface area (Å²) in [6.45, 7) is 5.32. The van der Waals surface area contributed by atoms with Gasteiger partial charge >= 0.3 is 0 Å². The van der Waals surface area contributed by atoms with Crippen molar-refractivity contribution in [2.45, 2.75) is 44.9 Å². The quantitative estimate of drug-likeness (QED) is 0.877. The van der Waals surface area contributed by atoms with Crippen molar-refractivity contribution in [1.82, 2.24) is 10.3 Å². The number of carbonyl (C=O) groups is 1. The van der Waals surface area contributed by atoms with E-state index in [1.807, 2.05) is 26.0 Å². The Morgan fingerprint density at radius 1 is 1.48 bits per heavy atom. The Hall–Kier alpha value is -1.46. The summed E-state index contributed by atoms with van der Waals surface area (Å²) in [5.41, 5.74) is 6.39. The summed E-state index contributed by atoms with van der Waals surface area (Å²) in [5.74, 6) is 0.0507. The molecule has 21 heavy (non-hydrogen) atoms. The molecular formula is C16H23N3O2. The monoisotopic (exact) mass is 289 g/mol. The summed E-state index contributed by atoms with van der Waals surface area (Å²) in [6.07, 6.45) is 5.49. The van der Waals surface area contributed by atoms with E-state index in [0.29, 0.717) is 6.54 Å². The van der Waals surface area contributed by atoms with Crippen molar-refractivity contribution in [2.75, 3.05) is 6.61 Å². The molecule has 1 saturated heterocycles. The summed E-state index contributed by atoms with van der Waals surface area (Å²) in [5, 5.41) is 2.98. The fourth-order valence-electron chi connectivity index (χ4n) is 3.87. The molecule has 0 spiro atoms. The number of carbonyl (C=O) groups excluding carboxylic acids is 1. The molecule has 2 aliphatic rings. The van der Waals surface area contributed by atoms with Gasteiger partial charge in [0.1, 0.15) is 5.54 Å². The number of aromatic nitrogens is 1. The predicted molar refractivity (Wildman–Crippen MR) is 79.2 cm³/mol. The third-order valence-corrected chi connectivity index (χ3v) is 5.26. The van der Waals surface area contributed by atoms with Gasteiger partial charge in [0.2, 0.25) is 5.91 Å². The number of amides is 1. The maximum absolute atomic E-state index is 12.7. The first kappa shape index (κ1) is 14.5. The van der Waals surface area contributed by atoms with Crippen molar-refractivity contribution >= 4 is 5.91 Å². The Balaban J connectivity index is 1.71. The number of ether oxygens (including phenoxy) is 1. The SMILES string of the molecule is CC1(C)C2OCCCC2C1(N)C(=O)NCc1ccncc1. The lowest BCUT2D eigenvalue weighted by Crippen LogP contribution is -2.82. The lowest BCUT2D eigenvalue weighted by Gasteiger charge is -2.65. The molecule has 1 aromatic rings. The highest BCUT2D eigenvalue weighted by atomic mass is 16.5. The molecule has 1 aromatic heterocycles. The van der Waals surface area contributed by atoms with Gasteiger partial charge in [-0.2, -0.15) is 0 Å². The van der Waals surface area contributed by atoms with Gasteiger partial charge in [-0.15, -0.1) is 0 Å². The standard InChI is InChI=1S/C16H23N3O2/c1-15(2)13-12(4-3-9-21-13)16(15,17)14(20)19-10-11-5-7-18-8-6-11/h5-8,12-13H,3-4,9-10,17H2,1-2H3,(H,19,20). The first-order valence-corrected chi connectivity index (χ1v) is 7.55. The zero-order valence-electron chi connectivity index (χ0n) is 12.6. The zero-order chi connectivity index (χ0) is 15.1. The third kappa shape index (κ3) is 2.07. The molecule has 1 saturated carbocycles. The average Bonchev–Trinajstić information content (AvgIpc) is 2.52. The molecule has 2 heterocycles. The number of pyridine rings is 1. The molecule has 0 bridgehead atoms. The summed E-state index contributed by atoms with van der Waals surface area (Å²) in [7, 11) is 0. The highest BCUT2D eigenvalue weighted by molar-refractivity contribution is 5.89. The highest BCUT2D eigenvalue weighted by Gasteiger charge is 2.70. The largest absolute Gasteiger partial charge is 0.377 e. The van der Waals surface area contributed by atoms with Gasteiger partial charge in [0.25, 0.3) is 0 Å². The Labute approximate surface area is 125 Å². The first-order valence-electron chi connectivity index (χ1n) is 7.55. The molecular weight excluding hydrogens is 266 g/mol. The second-order valence-corrected chi connectivity index (χ2v) is 6.67. The van der Waals surface area contributed by atoms with Crippen molar-refractivity contribution in [1.29, 1.82) is 0 Å². The van der Waals surface area contributed by atoms with Gasteiger partial charge in [0.15, 0.2) is 0 Å². The van der Waals surface area contributed by atoms with Crippen LogP contribution in [0.1, 0.15) is 32.3 Å². The number of nitrogens with zero attached hydrogens (tertiary/aromatic N) is 1. The van der Waals surface area contributed by atoms with Gasteiger partial charge in [0, 0.05) is 36.9 Å². The predicted octanol–water partition coefficient (Wildman–Crippen LogP) is 1.23. The smallest absolute Gasteiger partial charge is 0.241 e. The van der Waals surface area contributed by atoms with Crippen LogP contribution in [0.4, 0.5) is 0 Å². The van der Waals surface area contributed by atoms with Crippen LogP contribution in [0.15, 0.2) is 24.5 Å². The topological polar surface area (TPSA) is 77.2 Å². The van der Waals surface area contributed by atoms with E-state index in [0.717, 1.165) is 25.0 Å². The Kier molecular flexibility index (Phi) is 3.50. The molecule has 5 heteroatoms. The number of fused-ring (bicyclic) bond motifs is 1. The van der Waals surface area contributed by atoms with Crippen LogP contribution in [0, 0.1) is 11.3 Å². The van der Waals surface area contributed by atoms with Gasteiger partial charge in [-0.05, 0) is 30.5 Å². The van der Waals surface area contributed by atoms with E-state index in [1.54, 1.807) is 12.4 Å². The van der Waals surface area contributed by atoms with Crippen LogP contribution >= 0.6 is 0 Å². The number of nitrogens with two attached hydrogens (primary N) is 1. The number of hydrogen-bond donors (Lipinski definition) is 2. The Morgan fingerprint density at radius 3 is 2.90 bits per heavy atom. The van der Waals surface area contributed by atoms with E-state index in [1.165, 1.54) is 0 Å². The van der Waals surface area contributed by atoms with Gasteiger partial charge in [-0.1, -0.05) is 13.8 Å². The van der Waals surface area contributed by atoms with Crippen LogP contribution in [0.5, 0.6) is 0 Å². The summed E-state index contributed by atoms with van der Waals surface area (Å²) in [6, 6.07) is 3.78. The lowest BCUT2D eigenvalue weighted by atomic mass is 9.46. The fourth-order valence-corrected chi connectivity index (χ4v) is 3.87. The van der Waals surface area contributed by atoms with E-state index in [4.69, 9.17) is 10.5 Å². The minimum atomic E-state index is -0.842. The molecule has 3 N–H and O–H groups in total. The molecule has 2 fully saturated rings. The fraction of sp³-hybridized carbons (Fsp3) is 0.625. The van der Waals surface area contributed by atoms with Gasteiger partial charge in [-0.3, -0.25) is 9.78 Å². The zero-order valence-corrected chi connectivity index (χ0v) is 12.6. The van der Waals surface area contributed by atoms with Crippen molar-refractivity contribution in [3.8, 4) is 0 Å². The van der Waals surface area contributed by atoms with Crippen molar-refractivity contribution in [2.24, 2.45) is 17.1 Å². The van der Waals surface area contributed by atoms with Crippen molar-refractivity contribution in [3.63, 3.8) is 0 Å². The van der Waals surface area contributed by atoms with E-state index in [2.05, 4.69) is 10.3 Å². The second-order valence-electron chi connectivity index (χ2n) is 6.67. The first-order chi connectivity index (χ1) is 9.98. The van der Waals surface area contributed by atoms with Crippen LogP contribution in [0.25, 0.3) is 0 Å². The molecule has 1 amide bonds. The molecule has 1 aliphatic carbocycles. The summed E-state index contributed by atoms with van der Waals surface area (Å²) in [4.78, 5) is 16.7. The molecule has 3 atom stereocenters. The van der Waals surface area contributed by atoms with Crippen molar-refractivity contribution in [3.05, 3.63) is 30.1 Å². The normalized spacial score (nSPS) is 33.7. The average molecular weight is 289 g/mol. The van der Waals surface area contributed by atoms with Gasteiger partial charge in [0.05, 0.1) is 6.10 Å². The minimum absolute atomic E-state index is 0.0731. The second kappa shape index (κ2) is 5.07. The highest BCUT2D eigenvalue weighted by Crippen LogP contribution is 2.57. The molecule has 1 aliphatic heterocycles. The summed E-state index contributed by atoms with van der Waals surface area (Å²) >= 11 is 0. The third-order valence-electron chi connectivity index (χ3n) is 5.26. The van der Waals surface area contributed by atoms with Crippen LogP contribution in [0.3, 0.4) is 0 Å².